The van der Waals surface area contributed by atoms with E-state index in [0.29, 0.717) is 32.5 Å². The SMILES string of the molecule is Nc1ccc(Cl)cc1-c1nnc(-c2cc(Cl)ccc2N)o1. The van der Waals surface area contributed by atoms with Crippen molar-refractivity contribution in [3.05, 3.63) is 46.4 Å². The normalized spacial score (nSPS) is 10.8. The fraction of sp³-hybridized carbons (Fsp3) is 0. The molecule has 0 unspecified atom stereocenters. The highest BCUT2D eigenvalue weighted by Crippen LogP contribution is 2.32. The lowest BCUT2D eigenvalue weighted by atomic mass is 10.2. The van der Waals surface area contributed by atoms with Crippen molar-refractivity contribution in [2.75, 3.05) is 11.5 Å². The van der Waals surface area contributed by atoms with Gasteiger partial charge in [0, 0.05) is 21.4 Å². The molecule has 7 heteroatoms. The Balaban J connectivity index is 2.08. The first-order valence-corrected chi connectivity index (χ1v) is 6.74. The lowest BCUT2D eigenvalue weighted by Gasteiger charge is -2.02. The van der Waals surface area contributed by atoms with Crippen LogP contribution in [0.4, 0.5) is 11.4 Å². The fourth-order valence-corrected chi connectivity index (χ4v) is 2.21. The summed E-state index contributed by atoms with van der Waals surface area (Å²) in [7, 11) is 0. The average Bonchev–Trinajstić information content (AvgIpc) is 2.93. The van der Waals surface area contributed by atoms with Crippen LogP contribution in [0.25, 0.3) is 22.9 Å². The second kappa shape index (κ2) is 5.27. The Kier molecular flexibility index (Phi) is 3.45. The molecule has 4 N–H and O–H groups in total. The first-order valence-electron chi connectivity index (χ1n) is 5.99. The molecule has 3 rings (SSSR count). The van der Waals surface area contributed by atoms with Gasteiger partial charge in [0.1, 0.15) is 0 Å². The molecule has 0 aliphatic rings. The summed E-state index contributed by atoms with van der Waals surface area (Å²) in [4.78, 5) is 0. The number of rotatable bonds is 2. The number of halogens is 2. The van der Waals surface area contributed by atoms with Gasteiger partial charge in [0.2, 0.25) is 11.8 Å². The van der Waals surface area contributed by atoms with Crippen LogP contribution >= 0.6 is 23.2 Å². The standard InChI is InChI=1S/C14H10Cl2N4O/c15-7-1-3-11(17)9(5-7)13-19-20-14(21-13)10-6-8(16)2-4-12(10)18/h1-6H,17-18H2. The van der Waals surface area contributed by atoms with Crippen LogP contribution in [0, 0.1) is 0 Å². The number of hydrogen-bond acceptors (Lipinski definition) is 5. The molecule has 106 valence electrons. The zero-order chi connectivity index (χ0) is 15.0. The predicted octanol–water partition coefficient (Wildman–Crippen LogP) is 3.87. The van der Waals surface area contributed by atoms with Crippen LogP contribution < -0.4 is 11.5 Å². The molecule has 1 heterocycles. The molecule has 0 atom stereocenters. The van der Waals surface area contributed by atoms with E-state index < -0.39 is 0 Å². The summed E-state index contributed by atoms with van der Waals surface area (Å²) in [6.07, 6.45) is 0. The summed E-state index contributed by atoms with van der Waals surface area (Å²) >= 11 is 11.9. The van der Waals surface area contributed by atoms with Gasteiger partial charge in [0.15, 0.2) is 0 Å². The van der Waals surface area contributed by atoms with Gasteiger partial charge in [-0.3, -0.25) is 0 Å². The van der Waals surface area contributed by atoms with Crippen molar-refractivity contribution in [3.63, 3.8) is 0 Å². The van der Waals surface area contributed by atoms with Gasteiger partial charge < -0.3 is 15.9 Å². The van der Waals surface area contributed by atoms with Gasteiger partial charge in [-0.05, 0) is 36.4 Å². The number of nitrogens with two attached hydrogens (primary N) is 2. The third kappa shape index (κ3) is 2.66. The highest BCUT2D eigenvalue weighted by molar-refractivity contribution is 6.31. The number of benzene rings is 2. The molecule has 0 spiro atoms. The predicted molar refractivity (Wildman–Crippen MR) is 84.0 cm³/mol. The van der Waals surface area contributed by atoms with Crippen LogP contribution in [0.15, 0.2) is 40.8 Å². The van der Waals surface area contributed by atoms with Crippen LogP contribution in [0.1, 0.15) is 0 Å². The second-order valence-electron chi connectivity index (χ2n) is 4.38. The average molecular weight is 321 g/mol. The Morgan fingerprint density at radius 2 is 1.19 bits per heavy atom. The van der Waals surface area contributed by atoms with Crippen molar-refractivity contribution in [1.82, 2.24) is 10.2 Å². The van der Waals surface area contributed by atoms with Gasteiger partial charge in [-0.1, -0.05) is 23.2 Å². The van der Waals surface area contributed by atoms with E-state index in [4.69, 9.17) is 39.1 Å². The van der Waals surface area contributed by atoms with Gasteiger partial charge in [0.25, 0.3) is 0 Å². The van der Waals surface area contributed by atoms with E-state index in [1.165, 1.54) is 0 Å². The monoisotopic (exact) mass is 320 g/mol. The summed E-state index contributed by atoms with van der Waals surface area (Å²) < 4.78 is 5.63. The molecule has 1 aromatic heterocycles. The fourth-order valence-electron chi connectivity index (χ4n) is 1.87. The van der Waals surface area contributed by atoms with E-state index in [-0.39, 0.29) is 11.8 Å². The number of nitrogens with zero attached hydrogens (tertiary/aromatic N) is 2. The van der Waals surface area contributed by atoms with E-state index in [1.807, 2.05) is 0 Å². The molecule has 0 saturated heterocycles. The molecule has 0 amide bonds. The van der Waals surface area contributed by atoms with Gasteiger partial charge in [-0.2, -0.15) is 0 Å². The minimum Gasteiger partial charge on any atom is -0.416 e. The summed E-state index contributed by atoms with van der Waals surface area (Å²) in [5, 5.41) is 9.02. The summed E-state index contributed by atoms with van der Waals surface area (Å²) in [5.74, 6) is 0.536. The van der Waals surface area contributed by atoms with E-state index in [9.17, 15) is 0 Å². The highest BCUT2D eigenvalue weighted by atomic mass is 35.5. The first-order chi connectivity index (χ1) is 10.0. The first kappa shape index (κ1) is 13.7. The number of nitrogen functional groups attached to an aromatic ring is 2. The Morgan fingerprint density at radius 3 is 1.62 bits per heavy atom. The number of aromatic nitrogens is 2. The van der Waals surface area contributed by atoms with Crippen LogP contribution in [0.3, 0.4) is 0 Å². The number of anilines is 2. The minimum atomic E-state index is 0.268. The Labute approximate surface area is 130 Å². The van der Waals surface area contributed by atoms with Crippen LogP contribution in [0.2, 0.25) is 10.0 Å². The third-order valence-electron chi connectivity index (χ3n) is 2.92. The quantitative estimate of drug-likeness (QED) is 0.699. The second-order valence-corrected chi connectivity index (χ2v) is 5.25. The van der Waals surface area contributed by atoms with E-state index in [1.54, 1.807) is 36.4 Å². The van der Waals surface area contributed by atoms with Gasteiger partial charge in [0.05, 0.1) is 11.1 Å². The highest BCUT2D eigenvalue weighted by Gasteiger charge is 2.15. The van der Waals surface area contributed by atoms with Crippen molar-refractivity contribution < 1.29 is 4.42 Å². The maximum atomic E-state index is 5.95. The van der Waals surface area contributed by atoms with E-state index in [2.05, 4.69) is 10.2 Å². The molecule has 21 heavy (non-hydrogen) atoms. The maximum absolute atomic E-state index is 5.95. The van der Waals surface area contributed by atoms with Crippen molar-refractivity contribution in [2.45, 2.75) is 0 Å². The van der Waals surface area contributed by atoms with Crippen LogP contribution in [0.5, 0.6) is 0 Å². The smallest absolute Gasteiger partial charge is 0.250 e. The largest absolute Gasteiger partial charge is 0.416 e. The minimum absolute atomic E-state index is 0.268. The molecule has 2 aromatic carbocycles. The van der Waals surface area contributed by atoms with Gasteiger partial charge >= 0.3 is 0 Å². The van der Waals surface area contributed by atoms with Crippen molar-refractivity contribution in [1.29, 1.82) is 0 Å². The lowest BCUT2D eigenvalue weighted by molar-refractivity contribution is 0.585. The third-order valence-corrected chi connectivity index (χ3v) is 3.39. The molecule has 3 aromatic rings. The van der Waals surface area contributed by atoms with E-state index >= 15 is 0 Å². The Hall–Kier alpha value is -2.24. The zero-order valence-electron chi connectivity index (χ0n) is 10.7. The summed E-state index contributed by atoms with van der Waals surface area (Å²) in [6.45, 7) is 0. The molecule has 0 aliphatic carbocycles. The molecule has 0 radical (unpaired) electrons. The molecule has 0 saturated carbocycles. The van der Waals surface area contributed by atoms with Crippen molar-refractivity contribution >= 4 is 34.6 Å². The van der Waals surface area contributed by atoms with Crippen molar-refractivity contribution in [3.8, 4) is 22.9 Å². The van der Waals surface area contributed by atoms with Crippen LogP contribution in [-0.4, -0.2) is 10.2 Å². The van der Waals surface area contributed by atoms with Gasteiger partial charge in [-0.15, -0.1) is 10.2 Å². The molecule has 0 fully saturated rings. The molecule has 0 bridgehead atoms. The topological polar surface area (TPSA) is 91.0 Å². The van der Waals surface area contributed by atoms with Crippen molar-refractivity contribution in [2.24, 2.45) is 0 Å². The lowest BCUT2D eigenvalue weighted by Crippen LogP contribution is -1.89. The zero-order valence-corrected chi connectivity index (χ0v) is 12.2. The Morgan fingerprint density at radius 1 is 0.762 bits per heavy atom. The summed E-state index contributed by atoms with van der Waals surface area (Å²) in [5.41, 5.74) is 13.9. The molecule has 0 aliphatic heterocycles. The molecular weight excluding hydrogens is 311 g/mol. The van der Waals surface area contributed by atoms with Gasteiger partial charge in [-0.25, -0.2) is 0 Å². The summed E-state index contributed by atoms with van der Waals surface area (Å²) in [6, 6.07) is 10.1. The molecular formula is C14H10Cl2N4O. The van der Waals surface area contributed by atoms with E-state index in [0.717, 1.165) is 0 Å². The number of hydrogen-bond donors (Lipinski definition) is 2. The van der Waals surface area contributed by atoms with Crippen LogP contribution in [-0.2, 0) is 0 Å². The maximum Gasteiger partial charge on any atom is 0.250 e. The molecule has 5 nitrogen and oxygen atoms in total. The Bertz CT molecular complexity index is 750.